The summed E-state index contributed by atoms with van der Waals surface area (Å²) in [7, 11) is 1.60. The summed E-state index contributed by atoms with van der Waals surface area (Å²) in [5.74, 6) is 0.436. The lowest BCUT2D eigenvalue weighted by Crippen LogP contribution is -2.21. The number of benzene rings is 1. The molecule has 19 heavy (non-hydrogen) atoms. The zero-order chi connectivity index (χ0) is 13.8. The number of methoxy groups -OCH3 is 1. The highest BCUT2D eigenvalue weighted by Gasteiger charge is 2.19. The van der Waals surface area contributed by atoms with E-state index in [1.165, 1.54) is 12.1 Å². The Labute approximate surface area is 124 Å². The summed E-state index contributed by atoms with van der Waals surface area (Å²) < 4.78 is 19.9. The minimum atomic E-state index is -0.255. The number of ether oxygens (including phenoxy) is 1. The Hall–Kier alpha value is -0.910. The van der Waals surface area contributed by atoms with Crippen molar-refractivity contribution in [3.8, 4) is 5.75 Å². The van der Waals surface area contributed by atoms with Gasteiger partial charge in [-0.3, -0.25) is 0 Å². The summed E-state index contributed by atoms with van der Waals surface area (Å²) in [5, 5.41) is 3.37. The van der Waals surface area contributed by atoms with Gasteiger partial charge < -0.3 is 10.1 Å². The standard InChI is InChI=1S/C14H15BrFNOS/c1-3-17-14(12-6-7-13(15)19-12)10-8-9(16)4-5-11(10)18-2/h4-8,14,17H,3H2,1-2H3. The fraction of sp³-hybridized carbons (Fsp3) is 0.286. The third-order valence-corrected chi connectivity index (χ3v) is 4.48. The quantitative estimate of drug-likeness (QED) is 0.870. The summed E-state index contributed by atoms with van der Waals surface area (Å²) in [6.45, 7) is 2.82. The van der Waals surface area contributed by atoms with Crippen LogP contribution in [0.25, 0.3) is 0 Å². The molecule has 0 saturated heterocycles. The molecule has 1 aromatic heterocycles. The number of rotatable bonds is 5. The molecule has 2 aromatic rings. The molecule has 2 nitrogen and oxygen atoms in total. The van der Waals surface area contributed by atoms with Gasteiger partial charge in [-0.25, -0.2) is 4.39 Å². The van der Waals surface area contributed by atoms with Crippen molar-refractivity contribution < 1.29 is 9.13 Å². The van der Waals surface area contributed by atoms with Crippen LogP contribution in [0.2, 0.25) is 0 Å². The van der Waals surface area contributed by atoms with E-state index in [2.05, 4.69) is 21.2 Å². The van der Waals surface area contributed by atoms with Gasteiger partial charge in [0.05, 0.1) is 16.9 Å². The molecule has 5 heteroatoms. The molecule has 1 N–H and O–H groups in total. The average Bonchev–Trinajstić information content (AvgIpc) is 2.82. The number of thiophene rings is 1. The monoisotopic (exact) mass is 343 g/mol. The highest BCUT2D eigenvalue weighted by molar-refractivity contribution is 9.11. The number of hydrogen-bond donors (Lipinski definition) is 1. The van der Waals surface area contributed by atoms with Crippen LogP contribution in [0.1, 0.15) is 23.4 Å². The maximum absolute atomic E-state index is 13.5. The van der Waals surface area contributed by atoms with Crippen molar-refractivity contribution in [1.29, 1.82) is 0 Å². The topological polar surface area (TPSA) is 21.3 Å². The molecular formula is C14H15BrFNOS. The predicted octanol–water partition coefficient (Wildman–Crippen LogP) is 4.36. The van der Waals surface area contributed by atoms with E-state index in [1.54, 1.807) is 24.5 Å². The highest BCUT2D eigenvalue weighted by Crippen LogP contribution is 2.35. The molecule has 0 saturated carbocycles. The Kier molecular flexibility index (Phi) is 4.96. The van der Waals surface area contributed by atoms with Crippen LogP contribution in [0.3, 0.4) is 0 Å². The van der Waals surface area contributed by atoms with Gasteiger partial charge in [0, 0.05) is 10.4 Å². The molecule has 2 rings (SSSR count). The van der Waals surface area contributed by atoms with Gasteiger partial charge in [0.1, 0.15) is 11.6 Å². The van der Waals surface area contributed by atoms with Crippen LogP contribution in [-0.4, -0.2) is 13.7 Å². The van der Waals surface area contributed by atoms with Crippen molar-refractivity contribution >= 4 is 27.3 Å². The maximum atomic E-state index is 13.5. The van der Waals surface area contributed by atoms with Gasteiger partial charge in [-0.15, -0.1) is 11.3 Å². The molecule has 1 unspecified atom stereocenters. The van der Waals surface area contributed by atoms with Crippen molar-refractivity contribution in [2.24, 2.45) is 0 Å². The summed E-state index contributed by atoms with van der Waals surface area (Å²) >= 11 is 5.09. The largest absolute Gasteiger partial charge is 0.496 e. The van der Waals surface area contributed by atoms with Crippen LogP contribution in [0.4, 0.5) is 4.39 Å². The first-order valence-electron chi connectivity index (χ1n) is 5.97. The Morgan fingerprint density at radius 3 is 2.74 bits per heavy atom. The van der Waals surface area contributed by atoms with Crippen LogP contribution in [0.15, 0.2) is 34.1 Å². The van der Waals surface area contributed by atoms with Crippen molar-refractivity contribution in [2.75, 3.05) is 13.7 Å². The zero-order valence-electron chi connectivity index (χ0n) is 10.7. The average molecular weight is 344 g/mol. The minimum Gasteiger partial charge on any atom is -0.496 e. The van der Waals surface area contributed by atoms with Crippen molar-refractivity contribution in [3.63, 3.8) is 0 Å². The van der Waals surface area contributed by atoms with E-state index in [0.29, 0.717) is 5.75 Å². The van der Waals surface area contributed by atoms with Crippen LogP contribution >= 0.6 is 27.3 Å². The molecule has 0 fully saturated rings. The molecule has 0 amide bonds. The highest BCUT2D eigenvalue weighted by atomic mass is 79.9. The molecule has 0 aliphatic rings. The van der Waals surface area contributed by atoms with E-state index in [9.17, 15) is 4.39 Å². The van der Waals surface area contributed by atoms with E-state index >= 15 is 0 Å². The molecule has 0 bridgehead atoms. The van der Waals surface area contributed by atoms with Gasteiger partial charge in [0.25, 0.3) is 0 Å². The molecule has 0 spiro atoms. The van der Waals surface area contributed by atoms with Crippen LogP contribution in [0, 0.1) is 5.82 Å². The van der Waals surface area contributed by atoms with E-state index in [1.807, 2.05) is 19.1 Å². The summed E-state index contributed by atoms with van der Waals surface area (Å²) in [4.78, 5) is 1.12. The molecule has 102 valence electrons. The van der Waals surface area contributed by atoms with Gasteiger partial charge >= 0.3 is 0 Å². The molecule has 1 heterocycles. The van der Waals surface area contributed by atoms with Gasteiger partial charge in [0.15, 0.2) is 0 Å². The minimum absolute atomic E-state index is 0.0630. The fourth-order valence-corrected chi connectivity index (χ4v) is 3.50. The van der Waals surface area contributed by atoms with E-state index in [0.717, 1.165) is 20.8 Å². The Morgan fingerprint density at radius 1 is 1.37 bits per heavy atom. The number of halogens is 2. The smallest absolute Gasteiger partial charge is 0.124 e. The second kappa shape index (κ2) is 6.50. The maximum Gasteiger partial charge on any atom is 0.124 e. The van der Waals surface area contributed by atoms with Crippen LogP contribution in [-0.2, 0) is 0 Å². The van der Waals surface area contributed by atoms with Gasteiger partial charge in [-0.05, 0) is 52.8 Å². The lowest BCUT2D eigenvalue weighted by Gasteiger charge is -2.19. The summed E-state index contributed by atoms with van der Waals surface area (Å²) in [6.07, 6.45) is 0. The molecule has 0 aliphatic carbocycles. The molecule has 1 atom stereocenters. The van der Waals surface area contributed by atoms with Crippen molar-refractivity contribution in [3.05, 3.63) is 50.4 Å². The normalized spacial score (nSPS) is 12.4. The van der Waals surface area contributed by atoms with Gasteiger partial charge in [0.2, 0.25) is 0 Å². The van der Waals surface area contributed by atoms with Gasteiger partial charge in [-0.2, -0.15) is 0 Å². The SMILES string of the molecule is CCNC(c1ccc(Br)s1)c1cc(F)ccc1OC. The van der Waals surface area contributed by atoms with Crippen molar-refractivity contribution in [2.45, 2.75) is 13.0 Å². The molecule has 1 aromatic carbocycles. The first-order valence-corrected chi connectivity index (χ1v) is 7.58. The second-order valence-corrected chi connectivity index (χ2v) is 6.51. The molecule has 0 aliphatic heterocycles. The fourth-order valence-electron chi connectivity index (χ4n) is 1.98. The Morgan fingerprint density at radius 2 is 2.16 bits per heavy atom. The zero-order valence-corrected chi connectivity index (χ0v) is 13.1. The number of nitrogens with one attached hydrogen (secondary N) is 1. The van der Waals surface area contributed by atoms with E-state index in [4.69, 9.17) is 4.74 Å². The van der Waals surface area contributed by atoms with Crippen LogP contribution < -0.4 is 10.1 Å². The first-order chi connectivity index (χ1) is 9.15. The Bertz CT molecular complexity index is 558. The Balaban J connectivity index is 2.46. The van der Waals surface area contributed by atoms with E-state index < -0.39 is 0 Å². The third kappa shape index (κ3) is 3.35. The lowest BCUT2D eigenvalue weighted by atomic mass is 10.0. The summed E-state index contributed by atoms with van der Waals surface area (Å²) in [5.41, 5.74) is 0.818. The second-order valence-electron chi connectivity index (χ2n) is 4.02. The lowest BCUT2D eigenvalue weighted by molar-refractivity contribution is 0.403. The predicted molar refractivity (Wildman–Crippen MR) is 80.5 cm³/mol. The molecule has 0 radical (unpaired) electrons. The third-order valence-electron chi connectivity index (χ3n) is 2.79. The van der Waals surface area contributed by atoms with Crippen LogP contribution in [0.5, 0.6) is 5.75 Å². The van der Waals surface area contributed by atoms with E-state index in [-0.39, 0.29) is 11.9 Å². The molecular weight excluding hydrogens is 329 g/mol. The van der Waals surface area contributed by atoms with Gasteiger partial charge in [-0.1, -0.05) is 6.92 Å². The summed E-state index contributed by atoms with van der Waals surface area (Å²) in [6, 6.07) is 8.57. The first kappa shape index (κ1) is 14.5. The number of hydrogen-bond acceptors (Lipinski definition) is 3. The van der Waals surface area contributed by atoms with Crippen molar-refractivity contribution in [1.82, 2.24) is 5.32 Å².